The molecule has 0 fully saturated rings. The van der Waals surface area contributed by atoms with E-state index in [0.29, 0.717) is 29.2 Å². The van der Waals surface area contributed by atoms with E-state index in [1.165, 1.54) is 0 Å². The molecule has 1 aliphatic carbocycles. The third-order valence-corrected chi connectivity index (χ3v) is 4.56. The maximum Gasteiger partial charge on any atom is 0.338 e. The Morgan fingerprint density at radius 1 is 1.04 bits per heavy atom. The highest BCUT2D eigenvalue weighted by Gasteiger charge is 2.30. The molecule has 0 saturated heterocycles. The second-order valence-electron chi connectivity index (χ2n) is 5.97. The lowest BCUT2D eigenvalue weighted by molar-refractivity contribution is 0.0526. The topological polar surface area (TPSA) is 65.0 Å². The summed E-state index contributed by atoms with van der Waals surface area (Å²) < 4.78 is 15.8. The molecule has 0 radical (unpaired) electrons. The van der Waals surface area contributed by atoms with Crippen molar-refractivity contribution in [3.63, 3.8) is 0 Å². The van der Waals surface area contributed by atoms with Gasteiger partial charge in [-0.1, -0.05) is 24.3 Å². The van der Waals surface area contributed by atoms with Crippen LogP contribution in [0.1, 0.15) is 46.0 Å². The summed E-state index contributed by atoms with van der Waals surface area (Å²) in [6.45, 7) is 2.11. The molecular formula is C21H22O5. The smallest absolute Gasteiger partial charge is 0.338 e. The molecule has 5 heteroatoms. The van der Waals surface area contributed by atoms with Crippen molar-refractivity contribution in [1.82, 2.24) is 0 Å². The number of ether oxygens (including phenoxy) is 3. The Bertz CT molecular complexity index is 823. The summed E-state index contributed by atoms with van der Waals surface area (Å²) in [5, 5.41) is 11.0. The van der Waals surface area contributed by atoms with Gasteiger partial charge < -0.3 is 19.3 Å². The highest BCUT2D eigenvalue weighted by atomic mass is 16.5. The molecule has 0 amide bonds. The minimum Gasteiger partial charge on any atom is -0.496 e. The Hall–Kier alpha value is -2.79. The second-order valence-corrected chi connectivity index (χ2v) is 5.97. The van der Waals surface area contributed by atoms with Gasteiger partial charge in [0.1, 0.15) is 11.5 Å². The van der Waals surface area contributed by atoms with Crippen molar-refractivity contribution in [2.45, 2.75) is 18.9 Å². The first-order valence-corrected chi connectivity index (χ1v) is 8.49. The van der Waals surface area contributed by atoms with E-state index in [2.05, 4.69) is 0 Å². The normalized spacial score (nSPS) is 18.2. The maximum atomic E-state index is 11.8. The van der Waals surface area contributed by atoms with Crippen molar-refractivity contribution in [2.75, 3.05) is 20.8 Å². The zero-order chi connectivity index (χ0) is 18.7. The zero-order valence-electron chi connectivity index (χ0n) is 15.1. The minimum absolute atomic E-state index is 0.250. The van der Waals surface area contributed by atoms with Crippen molar-refractivity contribution in [1.29, 1.82) is 0 Å². The van der Waals surface area contributed by atoms with Gasteiger partial charge in [-0.3, -0.25) is 0 Å². The maximum absolute atomic E-state index is 11.8. The predicted octanol–water partition coefficient (Wildman–Crippen LogP) is 3.72. The molecule has 0 unspecified atom stereocenters. The number of benzene rings is 2. The van der Waals surface area contributed by atoms with Gasteiger partial charge in [0.05, 0.1) is 32.5 Å². The molecule has 0 spiro atoms. The fourth-order valence-electron chi connectivity index (χ4n) is 3.26. The average molecular weight is 354 g/mol. The number of carbonyl (C=O) groups excluding carboxylic acids is 1. The fraction of sp³-hybridized carbons (Fsp3) is 0.286. The quantitative estimate of drug-likeness (QED) is 0.829. The average Bonchev–Trinajstić information content (AvgIpc) is 2.67. The van der Waals surface area contributed by atoms with Crippen molar-refractivity contribution < 1.29 is 24.1 Å². The number of aliphatic hydroxyl groups excluding tert-OH is 1. The second kappa shape index (κ2) is 7.62. The molecule has 2 aromatic rings. The summed E-state index contributed by atoms with van der Waals surface area (Å²) in [7, 11) is 3.18. The van der Waals surface area contributed by atoms with Gasteiger partial charge in [0.15, 0.2) is 0 Å². The summed E-state index contributed by atoms with van der Waals surface area (Å²) in [5.74, 6) is 0.702. The molecular weight excluding hydrogens is 332 g/mol. The highest BCUT2D eigenvalue weighted by molar-refractivity contribution is 5.89. The van der Waals surface area contributed by atoms with Crippen LogP contribution >= 0.6 is 0 Å². The number of hydrogen-bond donors (Lipinski definition) is 1. The van der Waals surface area contributed by atoms with Crippen LogP contribution in [0.25, 0.3) is 6.08 Å². The van der Waals surface area contributed by atoms with Gasteiger partial charge in [0, 0.05) is 17.0 Å². The lowest BCUT2D eigenvalue weighted by Gasteiger charge is -2.28. The van der Waals surface area contributed by atoms with E-state index in [-0.39, 0.29) is 11.9 Å². The zero-order valence-corrected chi connectivity index (χ0v) is 15.1. The van der Waals surface area contributed by atoms with E-state index in [0.717, 1.165) is 11.1 Å². The van der Waals surface area contributed by atoms with Crippen LogP contribution in [0.4, 0.5) is 0 Å². The van der Waals surface area contributed by atoms with E-state index in [4.69, 9.17) is 14.2 Å². The molecule has 0 heterocycles. The molecule has 2 aromatic carbocycles. The molecule has 0 aromatic heterocycles. The number of rotatable bonds is 5. The Morgan fingerprint density at radius 2 is 1.69 bits per heavy atom. The Kier molecular flexibility index (Phi) is 5.28. The lowest BCUT2D eigenvalue weighted by Crippen LogP contribution is -2.15. The molecule has 0 aliphatic heterocycles. The summed E-state index contributed by atoms with van der Waals surface area (Å²) in [5.41, 5.74) is 2.91. The number of hydrogen-bond acceptors (Lipinski definition) is 5. The van der Waals surface area contributed by atoms with Gasteiger partial charge in [0.25, 0.3) is 0 Å². The molecule has 1 aliphatic rings. The standard InChI is InChI=1S/C21H22O5/c1-4-26-21(23)14-7-5-13(6-8-14)15-9-10-16-17(24-2)11-12-18(25-3)19(16)20(15)22/h5-12,15,20,22H,4H2,1-3H3/t15-,20+/m1/s1. The van der Waals surface area contributed by atoms with Crippen LogP contribution < -0.4 is 9.47 Å². The van der Waals surface area contributed by atoms with E-state index < -0.39 is 6.10 Å². The van der Waals surface area contributed by atoms with Gasteiger partial charge in [0.2, 0.25) is 0 Å². The van der Waals surface area contributed by atoms with Crippen LogP contribution in [0.3, 0.4) is 0 Å². The van der Waals surface area contributed by atoms with Crippen LogP contribution in [-0.2, 0) is 4.74 Å². The summed E-state index contributed by atoms with van der Waals surface area (Å²) in [6.07, 6.45) is 3.09. The predicted molar refractivity (Wildman–Crippen MR) is 98.7 cm³/mol. The van der Waals surface area contributed by atoms with Crippen molar-refractivity contribution >= 4 is 12.0 Å². The molecule has 26 heavy (non-hydrogen) atoms. The molecule has 3 rings (SSSR count). The first kappa shape index (κ1) is 18.0. The third kappa shape index (κ3) is 3.18. The fourth-order valence-corrected chi connectivity index (χ4v) is 3.26. The van der Waals surface area contributed by atoms with E-state index in [9.17, 15) is 9.90 Å². The van der Waals surface area contributed by atoms with Crippen LogP contribution in [0, 0.1) is 0 Å². The number of carbonyl (C=O) groups is 1. The number of fused-ring (bicyclic) bond motifs is 1. The molecule has 0 bridgehead atoms. The van der Waals surface area contributed by atoms with Gasteiger partial charge in [-0.05, 0) is 36.8 Å². The largest absolute Gasteiger partial charge is 0.496 e. The van der Waals surface area contributed by atoms with Crippen LogP contribution in [0.15, 0.2) is 42.5 Å². The summed E-state index contributed by atoms with van der Waals surface area (Å²) in [4.78, 5) is 11.8. The molecule has 5 nitrogen and oxygen atoms in total. The van der Waals surface area contributed by atoms with Gasteiger partial charge in [-0.25, -0.2) is 4.79 Å². The molecule has 2 atom stereocenters. The first-order valence-electron chi connectivity index (χ1n) is 8.49. The van der Waals surface area contributed by atoms with Crippen LogP contribution in [0.2, 0.25) is 0 Å². The molecule has 0 saturated carbocycles. The van der Waals surface area contributed by atoms with E-state index >= 15 is 0 Å². The Morgan fingerprint density at radius 3 is 2.31 bits per heavy atom. The molecule has 1 N–H and O–H groups in total. The minimum atomic E-state index is -0.784. The van der Waals surface area contributed by atoms with Gasteiger partial charge in [-0.2, -0.15) is 0 Å². The Labute approximate surface area is 152 Å². The van der Waals surface area contributed by atoms with E-state index in [1.54, 1.807) is 39.3 Å². The number of methoxy groups -OCH3 is 2. The van der Waals surface area contributed by atoms with Crippen LogP contribution in [-0.4, -0.2) is 31.9 Å². The molecule has 136 valence electrons. The third-order valence-electron chi connectivity index (χ3n) is 4.56. The van der Waals surface area contributed by atoms with Gasteiger partial charge >= 0.3 is 5.97 Å². The Balaban J connectivity index is 1.95. The highest BCUT2D eigenvalue weighted by Crippen LogP contribution is 2.45. The first-order chi connectivity index (χ1) is 12.6. The van der Waals surface area contributed by atoms with Crippen LogP contribution in [0.5, 0.6) is 11.5 Å². The van der Waals surface area contributed by atoms with Crippen molar-refractivity contribution in [3.8, 4) is 11.5 Å². The number of esters is 1. The monoisotopic (exact) mass is 354 g/mol. The summed E-state index contributed by atoms with van der Waals surface area (Å²) >= 11 is 0. The number of aliphatic hydroxyl groups is 1. The van der Waals surface area contributed by atoms with Crippen molar-refractivity contribution in [2.24, 2.45) is 0 Å². The van der Waals surface area contributed by atoms with E-state index in [1.807, 2.05) is 30.4 Å². The SMILES string of the molecule is CCOC(=O)c1ccc([C@H]2C=Cc3c(OC)ccc(OC)c3[C@H]2O)cc1. The lowest BCUT2D eigenvalue weighted by atomic mass is 9.81. The van der Waals surface area contributed by atoms with Gasteiger partial charge in [-0.15, -0.1) is 0 Å². The summed E-state index contributed by atoms with van der Waals surface area (Å²) in [6, 6.07) is 10.7. The van der Waals surface area contributed by atoms with Crippen molar-refractivity contribution in [3.05, 3.63) is 64.7 Å².